The molecule has 2 fully saturated rings. The molecule has 0 radical (unpaired) electrons. The lowest BCUT2D eigenvalue weighted by Gasteiger charge is -2.36. The van der Waals surface area contributed by atoms with E-state index in [0.717, 1.165) is 56.6 Å². The first kappa shape index (κ1) is 19.0. The van der Waals surface area contributed by atoms with Crippen molar-refractivity contribution in [2.24, 2.45) is 0 Å². The third kappa shape index (κ3) is 4.72. The van der Waals surface area contributed by atoms with Gasteiger partial charge in [0.1, 0.15) is 0 Å². The quantitative estimate of drug-likeness (QED) is 0.851. The number of hydrogen-bond donors (Lipinski definition) is 1. The number of hydrogen-bond acceptors (Lipinski definition) is 7. The fraction of sp³-hybridized carbons (Fsp3) is 0.524. The number of anilines is 3. The van der Waals surface area contributed by atoms with E-state index < -0.39 is 0 Å². The van der Waals surface area contributed by atoms with Crippen molar-refractivity contribution in [3.05, 3.63) is 42.2 Å². The predicted octanol–water partition coefficient (Wildman–Crippen LogP) is 2.54. The molecule has 28 heavy (non-hydrogen) atoms. The molecule has 1 N–H and O–H groups in total. The highest BCUT2D eigenvalue weighted by Crippen LogP contribution is 2.22. The maximum atomic E-state index is 5.82. The van der Waals surface area contributed by atoms with Crippen LogP contribution in [-0.4, -0.2) is 61.6 Å². The van der Waals surface area contributed by atoms with Crippen LogP contribution < -0.4 is 15.1 Å². The zero-order valence-electron chi connectivity index (χ0n) is 16.7. The van der Waals surface area contributed by atoms with Crippen molar-refractivity contribution in [1.82, 2.24) is 9.97 Å². The first-order chi connectivity index (χ1) is 13.7. The van der Waals surface area contributed by atoms with E-state index in [2.05, 4.69) is 63.2 Å². The van der Waals surface area contributed by atoms with Crippen LogP contribution in [0.5, 0.6) is 0 Å². The van der Waals surface area contributed by atoms with Crippen LogP contribution in [0.2, 0.25) is 0 Å². The maximum Gasteiger partial charge on any atom is 0.225 e. The van der Waals surface area contributed by atoms with Gasteiger partial charge in [0, 0.05) is 62.1 Å². The van der Waals surface area contributed by atoms with Crippen molar-refractivity contribution in [2.75, 3.05) is 54.5 Å². The molecule has 3 heterocycles. The largest absolute Gasteiger partial charge is 0.381 e. The summed E-state index contributed by atoms with van der Waals surface area (Å²) in [5.74, 6) is 0.783. The van der Waals surface area contributed by atoms with E-state index in [-0.39, 0.29) is 12.2 Å². The van der Waals surface area contributed by atoms with Crippen molar-refractivity contribution in [3.63, 3.8) is 0 Å². The minimum absolute atomic E-state index is 0.266. The Bertz CT molecular complexity index is 736. The minimum atomic E-state index is 0.266. The van der Waals surface area contributed by atoms with Crippen molar-refractivity contribution in [2.45, 2.75) is 32.6 Å². The average molecular weight is 383 g/mol. The molecule has 2 atom stereocenters. The molecule has 4 rings (SSSR count). The Balaban J connectivity index is 1.31. The van der Waals surface area contributed by atoms with E-state index in [9.17, 15) is 0 Å². The van der Waals surface area contributed by atoms with Gasteiger partial charge in [-0.05, 0) is 38.1 Å². The molecular weight excluding hydrogens is 354 g/mol. The first-order valence-corrected chi connectivity index (χ1v) is 10.1. The highest BCUT2D eigenvalue weighted by atomic mass is 16.5. The molecule has 0 aliphatic carbocycles. The smallest absolute Gasteiger partial charge is 0.225 e. The predicted molar refractivity (Wildman–Crippen MR) is 111 cm³/mol. The monoisotopic (exact) mass is 383 g/mol. The summed E-state index contributed by atoms with van der Waals surface area (Å²) >= 11 is 0. The van der Waals surface area contributed by atoms with Gasteiger partial charge in [0.2, 0.25) is 5.95 Å². The van der Waals surface area contributed by atoms with Crippen LogP contribution in [0.15, 0.2) is 36.7 Å². The van der Waals surface area contributed by atoms with Crippen LogP contribution in [0.1, 0.15) is 19.4 Å². The number of ether oxygens (including phenoxy) is 2. The Morgan fingerprint density at radius 1 is 0.964 bits per heavy atom. The SMILES string of the molecule is CC1CN(c2ccc(NCc3cnc(N4CCOCC4)nc3)cc2)CC(C)O1. The third-order valence-electron chi connectivity index (χ3n) is 5.13. The molecule has 0 bridgehead atoms. The Morgan fingerprint density at radius 3 is 2.25 bits per heavy atom. The topological polar surface area (TPSA) is 62.8 Å². The van der Waals surface area contributed by atoms with E-state index >= 15 is 0 Å². The second kappa shape index (κ2) is 8.75. The molecule has 7 heteroatoms. The van der Waals surface area contributed by atoms with Crippen molar-refractivity contribution >= 4 is 17.3 Å². The van der Waals surface area contributed by atoms with E-state index in [1.807, 2.05) is 12.4 Å². The van der Waals surface area contributed by atoms with Crippen LogP contribution in [0, 0.1) is 0 Å². The van der Waals surface area contributed by atoms with Crippen LogP contribution >= 0.6 is 0 Å². The molecule has 1 aromatic carbocycles. The molecule has 0 saturated carbocycles. The summed E-state index contributed by atoms with van der Waals surface area (Å²) in [5.41, 5.74) is 3.40. The maximum absolute atomic E-state index is 5.82. The van der Waals surface area contributed by atoms with E-state index in [1.54, 1.807) is 0 Å². The molecule has 150 valence electrons. The highest BCUT2D eigenvalue weighted by molar-refractivity contribution is 5.55. The fourth-order valence-corrected chi connectivity index (χ4v) is 3.75. The van der Waals surface area contributed by atoms with Gasteiger partial charge in [0.15, 0.2) is 0 Å². The van der Waals surface area contributed by atoms with Gasteiger partial charge in [-0.2, -0.15) is 0 Å². The first-order valence-electron chi connectivity index (χ1n) is 10.1. The molecule has 2 aliphatic heterocycles. The molecule has 0 spiro atoms. The molecule has 0 amide bonds. The van der Waals surface area contributed by atoms with Crippen molar-refractivity contribution in [3.8, 4) is 0 Å². The number of nitrogens with one attached hydrogen (secondary N) is 1. The van der Waals surface area contributed by atoms with E-state index in [4.69, 9.17) is 9.47 Å². The number of morpholine rings is 2. The second-order valence-corrected chi connectivity index (χ2v) is 7.55. The number of nitrogens with zero attached hydrogens (tertiary/aromatic N) is 4. The van der Waals surface area contributed by atoms with Gasteiger partial charge in [-0.3, -0.25) is 0 Å². The van der Waals surface area contributed by atoms with Gasteiger partial charge in [0.05, 0.1) is 25.4 Å². The van der Waals surface area contributed by atoms with Gasteiger partial charge in [-0.15, -0.1) is 0 Å². The van der Waals surface area contributed by atoms with E-state index in [0.29, 0.717) is 6.54 Å². The summed E-state index contributed by atoms with van der Waals surface area (Å²) in [4.78, 5) is 13.6. The normalized spacial score (nSPS) is 22.9. The summed E-state index contributed by atoms with van der Waals surface area (Å²) in [6, 6.07) is 8.60. The summed E-state index contributed by atoms with van der Waals surface area (Å²) < 4.78 is 11.2. The lowest BCUT2D eigenvalue weighted by Crippen LogP contribution is -2.45. The zero-order valence-corrected chi connectivity index (χ0v) is 16.7. The van der Waals surface area contributed by atoms with Gasteiger partial charge < -0.3 is 24.6 Å². The molecule has 2 unspecified atom stereocenters. The van der Waals surface area contributed by atoms with Crippen LogP contribution in [0.25, 0.3) is 0 Å². The molecular formula is C21H29N5O2. The summed E-state index contributed by atoms with van der Waals surface area (Å²) in [7, 11) is 0. The van der Waals surface area contributed by atoms with Gasteiger partial charge in [0.25, 0.3) is 0 Å². The second-order valence-electron chi connectivity index (χ2n) is 7.55. The average Bonchev–Trinajstić information content (AvgIpc) is 2.73. The molecule has 2 aromatic rings. The number of rotatable bonds is 5. The minimum Gasteiger partial charge on any atom is -0.381 e. The Hall–Kier alpha value is -2.38. The highest BCUT2D eigenvalue weighted by Gasteiger charge is 2.22. The standard InChI is InChI=1S/C21H29N5O2/c1-16-14-26(15-17(2)28-16)20-5-3-19(4-6-20)22-11-18-12-23-21(24-13-18)25-7-9-27-10-8-25/h3-6,12-13,16-17,22H,7-11,14-15H2,1-2H3. The van der Waals surface area contributed by atoms with Crippen LogP contribution in [0.4, 0.5) is 17.3 Å². The van der Waals surface area contributed by atoms with Gasteiger partial charge >= 0.3 is 0 Å². The Morgan fingerprint density at radius 2 is 1.61 bits per heavy atom. The zero-order chi connectivity index (χ0) is 19.3. The van der Waals surface area contributed by atoms with Crippen LogP contribution in [-0.2, 0) is 16.0 Å². The summed E-state index contributed by atoms with van der Waals surface area (Å²) in [5, 5.41) is 3.45. The van der Waals surface area contributed by atoms with Crippen molar-refractivity contribution in [1.29, 1.82) is 0 Å². The van der Waals surface area contributed by atoms with Crippen LogP contribution in [0.3, 0.4) is 0 Å². The van der Waals surface area contributed by atoms with Gasteiger partial charge in [-0.25, -0.2) is 9.97 Å². The molecule has 2 aliphatic rings. The number of benzene rings is 1. The van der Waals surface area contributed by atoms with Crippen molar-refractivity contribution < 1.29 is 9.47 Å². The molecule has 7 nitrogen and oxygen atoms in total. The molecule has 1 aromatic heterocycles. The Labute approximate surface area is 166 Å². The summed E-state index contributed by atoms with van der Waals surface area (Å²) in [6.45, 7) is 10.0. The lowest BCUT2D eigenvalue weighted by molar-refractivity contribution is -0.00521. The third-order valence-corrected chi connectivity index (χ3v) is 5.13. The summed E-state index contributed by atoms with van der Waals surface area (Å²) in [6.07, 6.45) is 4.33. The van der Waals surface area contributed by atoms with E-state index in [1.165, 1.54) is 5.69 Å². The lowest BCUT2D eigenvalue weighted by atomic mass is 10.2. The number of aromatic nitrogens is 2. The Kier molecular flexibility index (Phi) is 5.92. The fourth-order valence-electron chi connectivity index (χ4n) is 3.75. The van der Waals surface area contributed by atoms with Gasteiger partial charge in [-0.1, -0.05) is 0 Å². The molecule has 2 saturated heterocycles.